The van der Waals surface area contributed by atoms with Crippen LogP contribution in [-0.2, 0) is 17.8 Å². The summed E-state index contributed by atoms with van der Waals surface area (Å²) in [6.45, 7) is 3.04. The van der Waals surface area contributed by atoms with Gasteiger partial charge in [-0.3, -0.25) is 9.78 Å². The molecule has 1 aliphatic heterocycles. The van der Waals surface area contributed by atoms with Crippen LogP contribution >= 0.6 is 11.6 Å². The van der Waals surface area contributed by atoms with E-state index < -0.39 is 0 Å². The minimum atomic E-state index is -0.0948. The molecular weight excluding hydrogens is 412 g/mol. The van der Waals surface area contributed by atoms with Crippen molar-refractivity contribution in [2.75, 3.05) is 19.8 Å². The van der Waals surface area contributed by atoms with Crippen molar-refractivity contribution in [2.45, 2.75) is 19.5 Å². The second kappa shape index (κ2) is 10.4. The summed E-state index contributed by atoms with van der Waals surface area (Å²) in [6.07, 6.45) is 2.77. The Morgan fingerprint density at radius 3 is 2.77 bits per heavy atom. The molecule has 1 amide bonds. The summed E-state index contributed by atoms with van der Waals surface area (Å²) in [4.78, 5) is 19.4. The van der Waals surface area contributed by atoms with E-state index in [0.29, 0.717) is 36.2 Å². The topological polar surface area (TPSA) is 51.7 Å². The van der Waals surface area contributed by atoms with Crippen molar-refractivity contribution in [3.05, 3.63) is 94.8 Å². The zero-order valence-corrected chi connectivity index (χ0v) is 18.0. The van der Waals surface area contributed by atoms with E-state index in [4.69, 9.17) is 21.1 Å². The van der Waals surface area contributed by atoms with Crippen LogP contribution in [0.1, 0.15) is 28.0 Å². The van der Waals surface area contributed by atoms with E-state index in [-0.39, 0.29) is 5.91 Å². The monoisotopic (exact) mass is 436 g/mol. The molecule has 0 bridgehead atoms. The van der Waals surface area contributed by atoms with Crippen LogP contribution in [-0.4, -0.2) is 35.6 Å². The Bertz CT molecular complexity index is 1010. The number of amides is 1. The van der Waals surface area contributed by atoms with Crippen LogP contribution in [0.5, 0.6) is 5.75 Å². The van der Waals surface area contributed by atoms with Crippen LogP contribution in [0.25, 0.3) is 0 Å². The highest BCUT2D eigenvalue weighted by Crippen LogP contribution is 2.21. The molecule has 0 N–H and O–H groups in total. The first-order valence-corrected chi connectivity index (χ1v) is 10.8. The van der Waals surface area contributed by atoms with Gasteiger partial charge in [0.25, 0.3) is 5.91 Å². The number of carbonyl (C=O) groups excluding carboxylic acids is 1. The molecule has 1 saturated heterocycles. The van der Waals surface area contributed by atoms with Gasteiger partial charge in [-0.25, -0.2) is 0 Å². The molecule has 160 valence electrons. The second-order valence-corrected chi connectivity index (χ2v) is 8.12. The molecule has 5 nitrogen and oxygen atoms in total. The maximum absolute atomic E-state index is 13.3. The molecule has 1 aromatic heterocycles. The minimum Gasteiger partial charge on any atom is -0.493 e. The lowest BCUT2D eigenvalue weighted by molar-refractivity contribution is 0.0727. The van der Waals surface area contributed by atoms with Crippen LogP contribution in [0.2, 0.25) is 5.02 Å². The van der Waals surface area contributed by atoms with Gasteiger partial charge < -0.3 is 14.4 Å². The summed E-state index contributed by atoms with van der Waals surface area (Å²) < 4.78 is 11.4. The van der Waals surface area contributed by atoms with Crippen molar-refractivity contribution >= 4 is 17.5 Å². The zero-order chi connectivity index (χ0) is 21.5. The molecule has 0 aliphatic carbocycles. The third-order valence-electron chi connectivity index (χ3n) is 5.22. The van der Waals surface area contributed by atoms with E-state index in [0.717, 1.165) is 36.6 Å². The fourth-order valence-corrected chi connectivity index (χ4v) is 3.76. The molecule has 4 rings (SSSR count). The molecule has 0 unspecified atom stereocenters. The number of aromatic nitrogens is 1. The summed E-state index contributed by atoms with van der Waals surface area (Å²) >= 11 is 6.11. The van der Waals surface area contributed by atoms with Gasteiger partial charge >= 0.3 is 0 Å². The smallest absolute Gasteiger partial charge is 0.254 e. The third kappa shape index (κ3) is 6.06. The Labute approximate surface area is 187 Å². The molecule has 0 spiro atoms. The number of carbonyl (C=O) groups is 1. The number of nitrogens with zero attached hydrogens (tertiary/aromatic N) is 2. The Hall–Kier alpha value is -2.89. The van der Waals surface area contributed by atoms with E-state index >= 15 is 0 Å². The fourth-order valence-electron chi connectivity index (χ4n) is 3.57. The zero-order valence-electron chi connectivity index (χ0n) is 17.2. The first-order chi connectivity index (χ1) is 15.2. The number of hydrogen-bond acceptors (Lipinski definition) is 4. The molecular formula is C25H25ClN2O3. The third-order valence-corrected chi connectivity index (χ3v) is 5.45. The number of halogens is 1. The molecule has 2 heterocycles. The normalized spacial score (nSPS) is 15.6. The van der Waals surface area contributed by atoms with Gasteiger partial charge in [0.05, 0.1) is 25.5 Å². The van der Waals surface area contributed by atoms with Crippen LogP contribution < -0.4 is 4.74 Å². The van der Waals surface area contributed by atoms with Crippen molar-refractivity contribution in [3.8, 4) is 5.75 Å². The molecule has 2 aromatic carbocycles. The lowest BCUT2D eigenvalue weighted by Crippen LogP contribution is -2.30. The van der Waals surface area contributed by atoms with Gasteiger partial charge in [-0.1, -0.05) is 35.9 Å². The maximum Gasteiger partial charge on any atom is 0.254 e. The van der Waals surface area contributed by atoms with Crippen molar-refractivity contribution in [2.24, 2.45) is 5.92 Å². The fraction of sp³-hybridized carbons (Fsp3) is 0.280. The Morgan fingerprint density at radius 1 is 1.10 bits per heavy atom. The molecule has 0 radical (unpaired) electrons. The number of pyridine rings is 1. The van der Waals surface area contributed by atoms with Crippen LogP contribution in [0.15, 0.2) is 72.9 Å². The predicted octanol–water partition coefficient (Wildman–Crippen LogP) is 4.99. The Morgan fingerprint density at radius 2 is 2.00 bits per heavy atom. The second-order valence-electron chi connectivity index (χ2n) is 7.68. The molecule has 1 atom stereocenters. The van der Waals surface area contributed by atoms with Gasteiger partial charge in [-0.15, -0.1) is 0 Å². The van der Waals surface area contributed by atoms with Crippen molar-refractivity contribution in [3.63, 3.8) is 0 Å². The van der Waals surface area contributed by atoms with Gasteiger partial charge in [0.2, 0.25) is 0 Å². The first-order valence-electron chi connectivity index (χ1n) is 10.4. The van der Waals surface area contributed by atoms with Gasteiger partial charge in [0, 0.05) is 35.9 Å². The average Bonchev–Trinajstić information content (AvgIpc) is 3.32. The average molecular weight is 437 g/mol. The quantitative estimate of drug-likeness (QED) is 0.499. The molecule has 1 fully saturated rings. The number of ether oxygens (including phenoxy) is 2. The highest BCUT2D eigenvalue weighted by molar-refractivity contribution is 6.30. The standard InChI is InChI=1S/C25H25ClN2O3/c26-22-7-4-6-21(14-22)25(29)28(16-23-8-1-2-11-27-23)15-19-5-3-9-24(13-19)31-18-20-10-12-30-17-20/h1-9,11,13-14,20H,10,12,15-18H2/t20-/m0/s1. The van der Waals surface area contributed by atoms with E-state index in [1.54, 1.807) is 35.4 Å². The van der Waals surface area contributed by atoms with E-state index in [1.807, 2.05) is 42.5 Å². The lowest BCUT2D eigenvalue weighted by Gasteiger charge is -2.23. The number of hydrogen-bond donors (Lipinski definition) is 0. The molecule has 3 aromatic rings. The first kappa shape index (κ1) is 21.3. The summed E-state index contributed by atoms with van der Waals surface area (Å²) in [6, 6.07) is 20.6. The minimum absolute atomic E-state index is 0.0948. The highest BCUT2D eigenvalue weighted by Gasteiger charge is 2.19. The molecule has 31 heavy (non-hydrogen) atoms. The number of rotatable bonds is 8. The highest BCUT2D eigenvalue weighted by atomic mass is 35.5. The van der Waals surface area contributed by atoms with E-state index in [2.05, 4.69) is 4.98 Å². The lowest BCUT2D eigenvalue weighted by atomic mass is 10.1. The summed E-state index contributed by atoms with van der Waals surface area (Å²) in [5.74, 6) is 1.15. The van der Waals surface area contributed by atoms with Gasteiger partial charge in [0.1, 0.15) is 5.75 Å². The summed E-state index contributed by atoms with van der Waals surface area (Å²) in [5.41, 5.74) is 2.37. The summed E-state index contributed by atoms with van der Waals surface area (Å²) in [5, 5.41) is 0.537. The largest absolute Gasteiger partial charge is 0.493 e. The Kier molecular flexibility index (Phi) is 7.18. The molecule has 6 heteroatoms. The summed E-state index contributed by atoms with van der Waals surface area (Å²) in [7, 11) is 0. The van der Waals surface area contributed by atoms with Crippen molar-refractivity contribution < 1.29 is 14.3 Å². The SMILES string of the molecule is O=C(c1cccc(Cl)c1)N(Cc1cccc(OC[C@H]2CCOC2)c1)Cc1ccccn1. The van der Waals surface area contributed by atoms with Crippen LogP contribution in [0.4, 0.5) is 0 Å². The van der Waals surface area contributed by atoms with Crippen molar-refractivity contribution in [1.82, 2.24) is 9.88 Å². The number of benzene rings is 2. The maximum atomic E-state index is 13.3. The molecule has 0 saturated carbocycles. The van der Waals surface area contributed by atoms with Gasteiger partial charge in [-0.05, 0) is 54.4 Å². The van der Waals surface area contributed by atoms with E-state index in [9.17, 15) is 4.79 Å². The molecule has 1 aliphatic rings. The predicted molar refractivity (Wildman–Crippen MR) is 120 cm³/mol. The Balaban J connectivity index is 1.51. The van der Waals surface area contributed by atoms with Crippen molar-refractivity contribution in [1.29, 1.82) is 0 Å². The van der Waals surface area contributed by atoms with Gasteiger partial charge in [0.15, 0.2) is 0 Å². The van der Waals surface area contributed by atoms with Gasteiger partial charge in [-0.2, -0.15) is 0 Å². The van der Waals surface area contributed by atoms with E-state index in [1.165, 1.54) is 0 Å². The van der Waals surface area contributed by atoms with Crippen LogP contribution in [0, 0.1) is 5.92 Å². The van der Waals surface area contributed by atoms with Crippen LogP contribution in [0.3, 0.4) is 0 Å².